The van der Waals surface area contributed by atoms with Gasteiger partial charge in [0.1, 0.15) is 0 Å². The van der Waals surface area contributed by atoms with Gasteiger partial charge in [0.25, 0.3) is 0 Å². The molecule has 0 spiro atoms. The molecule has 3 aromatic rings. The number of anilines is 1. The fourth-order valence-corrected chi connectivity index (χ4v) is 3.89. The number of benzene rings is 2. The van der Waals surface area contributed by atoms with Gasteiger partial charge in [-0.3, -0.25) is 4.79 Å². The highest BCUT2D eigenvalue weighted by molar-refractivity contribution is 6.11. The van der Waals surface area contributed by atoms with Crippen LogP contribution in [-0.2, 0) is 0 Å². The first kappa shape index (κ1) is 21.6. The van der Waals surface area contributed by atoms with Crippen LogP contribution in [0.15, 0.2) is 42.5 Å². The van der Waals surface area contributed by atoms with E-state index in [-0.39, 0.29) is 17.5 Å². The summed E-state index contributed by atoms with van der Waals surface area (Å²) in [6, 6.07) is 12.8. The average molecular weight is 438 g/mol. The Hall–Kier alpha value is -3.59. The number of hydrogen-bond donors (Lipinski definition) is 1. The SMILES string of the molecule is COc1cc(C(=O)c2nn(-c3ccccc3)nc2N2CCCC(N)C2)cc(OC)c1OC. The third-order valence-electron chi connectivity index (χ3n) is 5.48. The minimum absolute atomic E-state index is 0.0229. The number of nitrogens with two attached hydrogens (primary N) is 1. The monoisotopic (exact) mass is 437 g/mol. The number of rotatable bonds is 7. The van der Waals surface area contributed by atoms with E-state index >= 15 is 0 Å². The van der Waals surface area contributed by atoms with Gasteiger partial charge in [0.05, 0.1) is 27.0 Å². The van der Waals surface area contributed by atoms with Gasteiger partial charge in [-0.05, 0) is 37.1 Å². The molecule has 1 aromatic heterocycles. The predicted molar refractivity (Wildman–Crippen MR) is 120 cm³/mol. The zero-order valence-corrected chi connectivity index (χ0v) is 18.4. The van der Waals surface area contributed by atoms with E-state index in [1.54, 1.807) is 12.1 Å². The van der Waals surface area contributed by atoms with Crippen molar-refractivity contribution in [2.75, 3.05) is 39.3 Å². The fraction of sp³-hybridized carbons (Fsp3) is 0.348. The molecule has 1 saturated heterocycles. The third-order valence-corrected chi connectivity index (χ3v) is 5.48. The van der Waals surface area contributed by atoms with Gasteiger partial charge < -0.3 is 24.8 Å². The molecule has 4 rings (SSSR count). The Bertz CT molecular complexity index is 1070. The molecule has 0 amide bonds. The molecule has 1 unspecified atom stereocenters. The van der Waals surface area contributed by atoms with Gasteiger partial charge >= 0.3 is 0 Å². The summed E-state index contributed by atoms with van der Waals surface area (Å²) in [5.41, 5.74) is 7.57. The number of ether oxygens (including phenoxy) is 3. The maximum Gasteiger partial charge on any atom is 0.217 e. The lowest BCUT2D eigenvalue weighted by molar-refractivity contribution is 0.103. The lowest BCUT2D eigenvalue weighted by Crippen LogP contribution is -2.43. The highest BCUT2D eigenvalue weighted by Gasteiger charge is 2.29. The van der Waals surface area contributed by atoms with Crippen molar-refractivity contribution in [2.24, 2.45) is 5.73 Å². The van der Waals surface area contributed by atoms with Crippen LogP contribution in [0.3, 0.4) is 0 Å². The second kappa shape index (κ2) is 9.27. The standard InChI is InChI=1S/C23H27N5O4/c1-30-18-12-15(13-19(31-2)22(18)32-3)21(29)20-23(27-11-7-8-16(24)14-27)26-28(25-20)17-9-5-4-6-10-17/h4-6,9-10,12-13,16H,7-8,11,14,24H2,1-3H3. The summed E-state index contributed by atoms with van der Waals surface area (Å²) in [6.07, 6.45) is 1.87. The zero-order valence-electron chi connectivity index (χ0n) is 18.4. The van der Waals surface area contributed by atoms with E-state index in [4.69, 9.17) is 19.9 Å². The van der Waals surface area contributed by atoms with Gasteiger partial charge in [-0.1, -0.05) is 18.2 Å². The van der Waals surface area contributed by atoms with E-state index in [0.717, 1.165) is 25.1 Å². The van der Waals surface area contributed by atoms with Crippen molar-refractivity contribution in [3.8, 4) is 22.9 Å². The van der Waals surface area contributed by atoms with Gasteiger partial charge in [-0.2, -0.15) is 0 Å². The van der Waals surface area contributed by atoms with Gasteiger partial charge in [-0.25, -0.2) is 0 Å². The number of nitrogens with zero attached hydrogens (tertiary/aromatic N) is 4. The van der Waals surface area contributed by atoms with Crippen LogP contribution in [-0.4, -0.2) is 61.2 Å². The Labute approximate surface area is 186 Å². The highest BCUT2D eigenvalue weighted by Crippen LogP contribution is 2.39. The highest BCUT2D eigenvalue weighted by atomic mass is 16.5. The summed E-state index contributed by atoms with van der Waals surface area (Å²) in [5.74, 6) is 1.43. The van der Waals surface area contributed by atoms with Crippen LogP contribution in [0.4, 0.5) is 5.82 Å². The third kappa shape index (κ3) is 4.11. The molecule has 2 heterocycles. The second-order valence-electron chi connectivity index (χ2n) is 7.59. The number of hydrogen-bond acceptors (Lipinski definition) is 8. The predicted octanol–water partition coefficient (Wildman–Crippen LogP) is 2.45. The number of aromatic nitrogens is 3. The minimum atomic E-state index is -0.291. The van der Waals surface area contributed by atoms with Crippen LogP contribution in [0.1, 0.15) is 28.9 Å². The first-order chi connectivity index (χ1) is 15.5. The van der Waals surface area contributed by atoms with Gasteiger partial charge in [0, 0.05) is 24.7 Å². The molecule has 32 heavy (non-hydrogen) atoms. The van der Waals surface area contributed by atoms with Crippen LogP contribution in [0, 0.1) is 0 Å². The van der Waals surface area contributed by atoms with Gasteiger partial charge in [0.2, 0.25) is 11.5 Å². The molecular formula is C23H27N5O4. The number of carbonyl (C=O) groups excluding carboxylic acids is 1. The largest absolute Gasteiger partial charge is 0.493 e. The van der Waals surface area contributed by atoms with Crippen LogP contribution in [0.25, 0.3) is 5.69 Å². The topological polar surface area (TPSA) is 105 Å². The average Bonchev–Trinajstić information content (AvgIpc) is 3.28. The maximum absolute atomic E-state index is 13.6. The molecule has 1 aliphatic heterocycles. The first-order valence-electron chi connectivity index (χ1n) is 10.4. The number of piperidine rings is 1. The summed E-state index contributed by atoms with van der Waals surface area (Å²) in [7, 11) is 4.54. The molecule has 9 nitrogen and oxygen atoms in total. The van der Waals surface area contributed by atoms with Gasteiger partial charge in [-0.15, -0.1) is 15.0 Å². The molecule has 168 valence electrons. The van der Waals surface area contributed by atoms with Crippen LogP contribution < -0.4 is 24.8 Å². The minimum Gasteiger partial charge on any atom is -0.493 e. The molecule has 1 fully saturated rings. The number of methoxy groups -OCH3 is 3. The lowest BCUT2D eigenvalue weighted by Gasteiger charge is -2.30. The fourth-order valence-electron chi connectivity index (χ4n) is 3.89. The first-order valence-corrected chi connectivity index (χ1v) is 10.4. The molecular weight excluding hydrogens is 410 g/mol. The number of ketones is 1. The Morgan fingerprint density at radius 3 is 2.31 bits per heavy atom. The summed E-state index contributed by atoms with van der Waals surface area (Å²) < 4.78 is 16.2. The molecule has 1 atom stereocenters. The van der Waals surface area contributed by atoms with Gasteiger partial charge in [0.15, 0.2) is 23.0 Å². The molecule has 9 heteroatoms. The molecule has 0 aliphatic carbocycles. The van der Waals surface area contributed by atoms with Crippen LogP contribution in [0.5, 0.6) is 17.2 Å². The number of para-hydroxylation sites is 1. The van der Waals surface area contributed by atoms with Crippen molar-refractivity contribution < 1.29 is 19.0 Å². The van der Waals surface area contributed by atoms with E-state index in [0.29, 0.717) is 35.2 Å². The quantitative estimate of drug-likeness (QED) is 0.562. The van der Waals surface area contributed by atoms with Crippen LogP contribution in [0.2, 0.25) is 0 Å². The molecule has 0 bridgehead atoms. The normalized spacial score (nSPS) is 16.0. The maximum atomic E-state index is 13.6. The molecule has 0 saturated carbocycles. The van der Waals surface area contributed by atoms with Crippen molar-refractivity contribution in [1.82, 2.24) is 15.0 Å². The Balaban J connectivity index is 1.81. The van der Waals surface area contributed by atoms with Crippen molar-refractivity contribution in [2.45, 2.75) is 18.9 Å². The lowest BCUT2D eigenvalue weighted by atomic mass is 10.0. The van der Waals surface area contributed by atoms with Crippen LogP contribution >= 0.6 is 0 Å². The smallest absolute Gasteiger partial charge is 0.217 e. The van der Waals surface area contributed by atoms with E-state index in [9.17, 15) is 4.79 Å². The van der Waals surface area contributed by atoms with Crippen molar-refractivity contribution in [3.05, 3.63) is 53.7 Å². The van der Waals surface area contributed by atoms with E-state index in [2.05, 4.69) is 10.2 Å². The zero-order chi connectivity index (χ0) is 22.7. The molecule has 2 aromatic carbocycles. The van der Waals surface area contributed by atoms with Crippen molar-refractivity contribution in [3.63, 3.8) is 0 Å². The summed E-state index contributed by atoms with van der Waals surface area (Å²) in [4.78, 5) is 17.2. The van der Waals surface area contributed by atoms with E-state index < -0.39 is 0 Å². The Kier molecular flexibility index (Phi) is 6.27. The van der Waals surface area contributed by atoms with Crippen molar-refractivity contribution >= 4 is 11.6 Å². The Morgan fingerprint density at radius 2 is 1.72 bits per heavy atom. The Morgan fingerprint density at radius 1 is 1.03 bits per heavy atom. The molecule has 1 aliphatic rings. The second-order valence-corrected chi connectivity index (χ2v) is 7.59. The van der Waals surface area contributed by atoms with Crippen molar-refractivity contribution in [1.29, 1.82) is 0 Å². The number of carbonyl (C=O) groups is 1. The molecule has 2 N–H and O–H groups in total. The van der Waals surface area contributed by atoms with E-state index in [1.165, 1.54) is 26.1 Å². The summed E-state index contributed by atoms with van der Waals surface area (Å²) >= 11 is 0. The van der Waals surface area contributed by atoms with E-state index in [1.807, 2.05) is 35.2 Å². The summed E-state index contributed by atoms with van der Waals surface area (Å²) in [6.45, 7) is 1.37. The summed E-state index contributed by atoms with van der Waals surface area (Å²) in [5, 5.41) is 9.24. The molecule has 0 radical (unpaired) electrons.